The second-order valence-electron chi connectivity index (χ2n) is 6.34. The van der Waals surface area contributed by atoms with Crippen LogP contribution < -0.4 is 9.47 Å². The van der Waals surface area contributed by atoms with Crippen LogP contribution in [0.4, 0.5) is 5.69 Å². The van der Waals surface area contributed by atoms with Crippen molar-refractivity contribution in [3.8, 4) is 11.5 Å². The molecule has 2 aromatic carbocycles. The molecule has 1 aromatic heterocycles. The summed E-state index contributed by atoms with van der Waals surface area (Å²) in [7, 11) is 4.03. The lowest BCUT2D eigenvalue weighted by molar-refractivity contribution is -0.642. The Bertz CT molecular complexity index is 1080. The number of fused-ring (bicyclic) bond motifs is 2. The van der Waals surface area contributed by atoms with Crippen LogP contribution in [0.2, 0.25) is 0 Å². The van der Waals surface area contributed by atoms with Crippen molar-refractivity contribution in [1.82, 2.24) is 0 Å². The molecule has 1 aliphatic heterocycles. The molecule has 1 aliphatic rings. The Morgan fingerprint density at radius 3 is 2.65 bits per heavy atom. The Kier molecular flexibility index (Phi) is 4.17. The summed E-state index contributed by atoms with van der Waals surface area (Å²) in [5.41, 5.74) is 3.19. The highest BCUT2D eigenvalue weighted by Crippen LogP contribution is 2.46. The van der Waals surface area contributed by atoms with Crippen molar-refractivity contribution in [2.24, 2.45) is 7.05 Å². The summed E-state index contributed by atoms with van der Waals surface area (Å²) >= 11 is 3.40. The van der Waals surface area contributed by atoms with Crippen molar-refractivity contribution >= 4 is 45.1 Å². The molecule has 4 nitrogen and oxygen atoms in total. The van der Waals surface area contributed by atoms with Crippen LogP contribution in [0.3, 0.4) is 0 Å². The van der Waals surface area contributed by atoms with Crippen molar-refractivity contribution in [3.05, 3.63) is 58.1 Å². The zero-order chi connectivity index (χ0) is 18.4. The van der Waals surface area contributed by atoms with Gasteiger partial charge in [0.1, 0.15) is 23.2 Å². The van der Waals surface area contributed by atoms with Crippen molar-refractivity contribution < 1.29 is 14.8 Å². The first-order valence-corrected chi connectivity index (χ1v) is 9.82. The molecule has 26 heavy (non-hydrogen) atoms. The predicted molar refractivity (Wildman–Crippen MR) is 109 cm³/mol. The van der Waals surface area contributed by atoms with E-state index >= 15 is 0 Å². The number of aryl methyl sites for hydroxylation is 1. The fourth-order valence-corrected chi connectivity index (χ4v) is 5.28. The molecule has 0 bridgehead atoms. The van der Waals surface area contributed by atoms with Crippen molar-refractivity contribution in [2.75, 3.05) is 11.9 Å². The van der Waals surface area contributed by atoms with E-state index in [4.69, 9.17) is 0 Å². The van der Waals surface area contributed by atoms with Gasteiger partial charge < -0.3 is 15.1 Å². The fraction of sp³-hybridized carbons (Fsp3) is 0.150. The highest BCUT2D eigenvalue weighted by Gasteiger charge is 2.22. The first-order valence-electron chi connectivity index (χ1n) is 8.18. The average Bonchev–Trinajstić information content (AvgIpc) is 3.06. The Balaban J connectivity index is 1.67. The molecule has 4 rings (SSSR count). The van der Waals surface area contributed by atoms with E-state index in [-0.39, 0.29) is 11.5 Å². The van der Waals surface area contributed by atoms with Gasteiger partial charge in [0.05, 0.1) is 16.8 Å². The lowest BCUT2D eigenvalue weighted by Gasteiger charge is -2.13. The molecule has 0 amide bonds. The number of anilines is 1. The molecular weight excluding hydrogens is 364 g/mol. The number of hydrogen-bond donors (Lipinski definition) is 2. The number of phenols is 2. The van der Waals surface area contributed by atoms with Crippen LogP contribution in [-0.4, -0.2) is 17.3 Å². The third-order valence-corrected chi connectivity index (χ3v) is 6.73. The smallest absolute Gasteiger partial charge is 0.262 e. The quantitative estimate of drug-likeness (QED) is 0.634. The molecule has 0 aliphatic carbocycles. The van der Waals surface area contributed by atoms with Crippen LogP contribution in [0.25, 0.3) is 16.3 Å². The van der Waals surface area contributed by atoms with Gasteiger partial charge in [-0.1, -0.05) is 23.1 Å². The number of benzene rings is 2. The number of thioether (sulfide) groups is 1. The third-order valence-electron chi connectivity index (χ3n) is 4.40. The summed E-state index contributed by atoms with van der Waals surface area (Å²) in [6.45, 7) is 2.09. The van der Waals surface area contributed by atoms with E-state index < -0.39 is 0 Å². The number of aromatic hydroxyl groups is 2. The van der Waals surface area contributed by atoms with Gasteiger partial charge in [0.2, 0.25) is 5.52 Å². The molecule has 2 N–H and O–H groups in total. The molecule has 6 heteroatoms. The summed E-state index contributed by atoms with van der Waals surface area (Å²) in [4.78, 5) is 3.24. The van der Waals surface area contributed by atoms with Crippen LogP contribution in [-0.2, 0) is 7.05 Å². The van der Waals surface area contributed by atoms with E-state index in [1.54, 1.807) is 47.4 Å². The number of thiazole rings is 1. The SMILES string of the molecule is CC(=C/c1sc2ccc(O)cc2[n+]1C)/C=C1\Sc2ccc(O)cc2N1C. The molecule has 0 spiro atoms. The molecule has 0 saturated carbocycles. The van der Waals surface area contributed by atoms with Gasteiger partial charge in [0, 0.05) is 24.1 Å². The summed E-state index contributed by atoms with van der Waals surface area (Å²) < 4.78 is 3.24. The Hall–Kier alpha value is -2.44. The highest BCUT2D eigenvalue weighted by molar-refractivity contribution is 8.03. The zero-order valence-corrected chi connectivity index (χ0v) is 16.4. The molecule has 2 heterocycles. The van der Waals surface area contributed by atoms with Gasteiger partial charge in [0.25, 0.3) is 5.01 Å². The van der Waals surface area contributed by atoms with Gasteiger partial charge in [-0.25, -0.2) is 0 Å². The van der Waals surface area contributed by atoms with E-state index in [2.05, 4.69) is 28.5 Å². The number of phenolic OH excluding ortho intramolecular Hbond substituents is 2. The number of hydrogen-bond acceptors (Lipinski definition) is 5. The van der Waals surface area contributed by atoms with Gasteiger partial charge in [-0.2, -0.15) is 4.57 Å². The van der Waals surface area contributed by atoms with Crippen LogP contribution in [0.5, 0.6) is 11.5 Å². The number of aromatic nitrogens is 1. The fourth-order valence-electron chi connectivity index (χ4n) is 2.99. The van der Waals surface area contributed by atoms with E-state index in [9.17, 15) is 10.2 Å². The standard InChI is InChI=1S/C20H18N2O2S2/c1-12(8-19-21(2)15-10-13(23)4-6-17(15)25-19)9-20-22(3)16-11-14(24)5-7-18(16)26-20/h4-11H,1-3H3,(H-,23,24)/p+1. The predicted octanol–water partition coefficient (Wildman–Crippen LogP) is 4.62. The largest absolute Gasteiger partial charge is 0.508 e. The Morgan fingerprint density at radius 1 is 1.12 bits per heavy atom. The summed E-state index contributed by atoms with van der Waals surface area (Å²) in [5.74, 6) is 0.565. The number of rotatable bonds is 2. The van der Waals surface area contributed by atoms with Gasteiger partial charge in [-0.3, -0.25) is 0 Å². The van der Waals surface area contributed by atoms with Crippen LogP contribution in [0, 0.1) is 0 Å². The minimum absolute atomic E-state index is 0.283. The van der Waals surface area contributed by atoms with Crippen molar-refractivity contribution in [2.45, 2.75) is 11.8 Å². The maximum absolute atomic E-state index is 9.71. The zero-order valence-electron chi connectivity index (χ0n) is 14.7. The number of nitrogens with zero attached hydrogens (tertiary/aromatic N) is 2. The summed E-state index contributed by atoms with van der Waals surface area (Å²) in [6, 6.07) is 10.9. The van der Waals surface area contributed by atoms with Gasteiger partial charge in [0.15, 0.2) is 0 Å². The van der Waals surface area contributed by atoms with E-state index in [1.165, 1.54) is 0 Å². The minimum atomic E-state index is 0.283. The lowest BCUT2D eigenvalue weighted by Crippen LogP contribution is -2.28. The molecule has 0 unspecified atom stereocenters. The molecule has 132 valence electrons. The molecule has 0 atom stereocenters. The van der Waals surface area contributed by atoms with Gasteiger partial charge in [-0.05, 0) is 42.8 Å². The Labute approximate surface area is 160 Å². The Morgan fingerprint density at radius 2 is 1.85 bits per heavy atom. The van der Waals surface area contributed by atoms with Crippen molar-refractivity contribution in [1.29, 1.82) is 0 Å². The maximum atomic E-state index is 9.71. The van der Waals surface area contributed by atoms with E-state index in [0.717, 1.165) is 36.4 Å². The van der Waals surface area contributed by atoms with Crippen LogP contribution >= 0.6 is 23.1 Å². The van der Waals surface area contributed by atoms with Gasteiger partial charge >= 0.3 is 0 Å². The molecule has 3 aromatic rings. The summed E-state index contributed by atoms with van der Waals surface area (Å²) in [5, 5.41) is 21.7. The van der Waals surface area contributed by atoms with E-state index in [1.807, 2.05) is 26.2 Å². The molecular formula is C20H19N2O2S2+. The second kappa shape index (κ2) is 6.37. The third kappa shape index (κ3) is 2.95. The van der Waals surface area contributed by atoms with Crippen molar-refractivity contribution in [3.63, 3.8) is 0 Å². The van der Waals surface area contributed by atoms with Crippen LogP contribution in [0.1, 0.15) is 11.9 Å². The topological polar surface area (TPSA) is 47.6 Å². The van der Waals surface area contributed by atoms with E-state index in [0.29, 0.717) is 0 Å². The minimum Gasteiger partial charge on any atom is -0.508 e. The average molecular weight is 384 g/mol. The number of allylic oxidation sites excluding steroid dienone is 2. The molecule has 0 radical (unpaired) electrons. The monoisotopic (exact) mass is 383 g/mol. The first-order chi connectivity index (χ1) is 12.4. The van der Waals surface area contributed by atoms with Gasteiger partial charge in [-0.15, -0.1) is 0 Å². The highest BCUT2D eigenvalue weighted by atomic mass is 32.2. The lowest BCUT2D eigenvalue weighted by atomic mass is 10.2. The summed E-state index contributed by atoms with van der Waals surface area (Å²) in [6.07, 6.45) is 4.31. The maximum Gasteiger partial charge on any atom is 0.262 e. The normalized spacial score (nSPS) is 15.9. The van der Waals surface area contributed by atoms with Crippen LogP contribution in [0.15, 0.2) is 58.0 Å². The second-order valence-corrected chi connectivity index (χ2v) is 8.46. The first kappa shape index (κ1) is 17.0. The molecule has 0 saturated heterocycles. The molecule has 0 fully saturated rings.